The van der Waals surface area contributed by atoms with E-state index in [0.29, 0.717) is 15.6 Å². The third kappa shape index (κ3) is 3.46. The van der Waals surface area contributed by atoms with Gasteiger partial charge < -0.3 is 9.47 Å². The van der Waals surface area contributed by atoms with E-state index in [1.54, 1.807) is 18.2 Å². The smallest absolute Gasteiger partial charge is 0.217 e. The Balaban J connectivity index is 2.80. The van der Waals surface area contributed by atoms with Crippen molar-refractivity contribution >= 4 is 29.0 Å². The number of hydrogen-bond donors (Lipinski definition) is 0. The van der Waals surface area contributed by atoms with Gasteiger partial charge in [0.25, 0.3) is 0 Å². The Labute approximate surface area is 104 Å². The summed E-state index contributed by atoms with van der Waals surface area (Å²) in [5.41, 5.74) is 0.665. The molecule has 0 aliphatic heterocycles. The molecule has 0 spiro atoms. The lowest BCUT2D eigenvalue weighted by molar-refractivity contribution is -0.155. The van der Waals surface area contributed by atoms with Gasteiger partial charge in [0.1, 0.15) is 0 Å². The van der Waals surface area contributed by atoms with Crippen molar-refractivity contribution in [2.75, 3.05) is 14.2 Å². The molecule has 88 valence electrons. The van der Waals surface area contributed by atoms with E-state index in [2.05, 4.69) is 0 Å². The van der Waals surface area contributed by atoms with Crippen molar-refractivity contribution in [2.45, 2.75) is 12.7 Å². The molecule has 1 aromatic rings. The van der Waals surface area contributed by atoms with Crippen molar-refractivity contribution in [3.63, 3.8) is 0 Å². The first-order chi connectivity index (χ1) is 7.58. The molecule has 0 saturated heterocycles. The van der Waals surface area contributed by atoms with Crippen LogP contribution >= 0.6 is 23.2 Å². The Hall–Kier alpha value is -0.610. The van der Waals surface area contributed by atoms with E-state index in [1.165, 1.54) is 14.2 Å². The lowest BCUT2D eigenvalue weighted by Gasteiger charge is -2.12. The van der Waals surface area contributed by atoms with E-state index in [4.69, 9.17) is 32.7 Å². The Kier molecular flexibility index (Phi) is 5.22. The third-order valence-corrected chi connectivity index (χ3v) is 2.67. The molecule has 0 heterocycles. The van der Waals surface area contributed by atoms with Crippen LogP contribution in [-0.4, -0.2) is 26.3 Å². The van der Waals surface area contributed by atoms with Gasteiger partial charge in [-0.05, 0) is 23.8 Å². The molecule has 1 aromatic carbocycles. The first kappa shape index (κ1) is 13.5. The van der Waals surface area contributed by atoms with Crippen LogP contribution in [0.1, 0.15) is 5.56 Å². The van der Waals surface area contributed by atoms with E-state index in [9.17, 15) is 4.79 Å². The van der Waals surface area contributed by atoms with Crippen molar-refractivity contribution in [2.24, 2.45) is 0 Å². The minimum absolute atomic E-state index is 0.131. The predicted molar refractivity (Wildman–Crippen MR) is 63.0 cm³/mol. The van der Waals surface area contributed by atoms with E-state index < -0.39 is 6.29 Å². The second-order valence-corrected chi connectivity index (χ2v) is 4.03. The molecule has 0 saturated carbocycles. The van der Waals surface area contributed by atoms with Crippen LogP contribution < -0.4 is 0 Å². The highest BCUT2D eigenvalue weighted by molar-refractivity contribution is 6.33. The Bertz CT molecular complexity index is 375. The summed E-state index contributed by atoms with van der Waals surface area (Å²) in [5.74, 6) is -0.200. The molecular formula is C11H12Cl2O3. The molecule has 0 aliphatic carbocycles. The van der Waals surface area contributed by atoms with E-state index >= 15 is 0 Å². The van der Waals surface area contributed by atoms with Gasteiger partial charge in [-0.25, -0.2) is 0 Å². The maximum Gasteiger partial charge on any atom is 0.217 e. The number of methoxy groups -OCH3 is 2. The molecule has 0 fully saturated rings. The predicted octanol–water partition coefficient (Wildman–Crippen LogP) is 2.72. The summed E-state index contributed by atoms with van der Waals surface area (Å²) < 4.78 is 9.71. The fourth-order valence-corrected chi connectivity index (χ4v) is 1.69. The summed E-state index contributed by atoms with van der Waals surface area (Å²) in [6.45, 7) is 0. The summed E-state index contributed by atoms with van der Waals surface area (Å²) in [7, 11) is 2.82. The Morgan fingerprint density at radius 2 is 1.94 bits per heavy atom. The van der Waals surface area contributed by atoms with Crippen LogP contribution in [0.2, 0.25) is 10.0 Å². The number of rotatable bonds is 5. The summed E-state index contributed by atoms with van der Waals surface area (Å²) in [5, 5.41) is 1.04. The van der Waals surface area contributed by atoms with Gasteiger partial charge in [0.2, 0.25) is 6.29 Å². The molecule has 0 bridgehead atoms. The number of hydrogen-bond acceptors (Lipinski definition) is 3. The van der Waals surface area contributed by atoms with E-state index in [1.807, 2.05) is 0 Å². The summed E-state index contributed by atoms with van der Waals surface area (Å²) in [4.78, 5) is 11.7. The van der Waals surface area contributed by atoms with Crippen LogP contribution in [0.4, 0.5) is 0 Å². The van der Waals surface area contributed by atoms with Crippen molar-refractivity contribution < 1.29 is 14.3 Å². The summed E-state index contributed by atoms with van der Waals surface area (Å²) in [6.07, 6.45) is -0.735. The van der Waals surface area contributed by atoms with Crippen LogP contribution in [0.3, 0.4) is 0 Å². The molecule has 0 aromatic heterocycles. The minimum Gasteiger partial charge on any atom is -0.349 e. The van der Waals surface area contributed by atoms with Crippen LogP contribution in [0.5, 0.6) is 0 Å². The zero-order chi connectivity index (χ0) is 12.1. The molecule has 16 heavy (non-hydrogen) atoms. The minimum atomic E-state index is -0.866. The van der Waals surface area contributed by atoms with Crippen LogP contribution in [-0.2, 0) is 20.7 Å². The topological polar surface area (TPSA) is 35.5 Å². The second kappa shape index (κ2) is 6.21. The molecule has 0 aliphatic rings. The highest BCUT2D eigenvalue weighted by Gasteiger charge is 2.18. The van der Waals surface area contributed by atoms with Gasteiger partial charge in [-0.15, -0.1) is 0 Å². The van der Waals surface area contributed by atoms with Crippen molar-refractivity contribution in [3.05, 3.63) is 33.8 Å². The van der Waals surface area contributed by atoms with E-state index in [0.717, 1.165) is 0 Å². The highest BCUT2D eigenvalue weighted by Crippen LogP contribution is 2.21. The first-order valence-electron chi connectivity index (χ1n) is 4.60. The summed E-state index contributed by atoms with van der Waals surface area (Å²) >= 11 is 11.8. The number of carbonyl (C=O) groups is 1. The normalized spacial score (nSPS) is 10.8. The number of ketones is 1. The number of carbonyl (C=O) groups excluding carboxylic acids is 1. The quantitative estimate of drug-likeness (QED) is 0.766. The van der Waals surface area contributed by atoms with Gasteiger partial charge in [0.05, 0.1) is 0 Å². The molecule has 0 atom stereocenters. The van der Waals surface area contributed by atoms with Gasteiger partial charge in [-0.2, -0.15) is 0 Å². The van der Waals surface area contributed by atoms with Gasteiger partial charge in [-0.3, -0.25) is 4.79 Å². The van der Waals surface area contributed by atoms with E-state index in [-0.39, 0.29) is 12.2 Å². The Morgan fingerprint density at radius 1 is 1.31 bits per heavy atom. The molecule has 0 amide bonds. The second-order valence-electron chi connectivity index (χ2n) is 3.18. The lowest BCUT2D eigenvalue weighted by Crippen LogP contribution is -2.26. The van der Waals surface area contributed by atoms with Crippen LogP contribution in [0.15, 0.2) is 18.2 Å². The van der Waals surface area contributed by atoms with Gasteiger partial charge in [0.15, 0.2) is 5.78 Å². The monoisotopic (exact) mass is 262 g/mol. The zero-order valence-electron chi connectivity index (χ0n) is 9.00. The lowest BCUT2D eigenvalue weighted by atomic mass is 10.1. The third-order valence-electron chi connectivity index (χ3n) is 2.06. The number of halogens is 2. The number of benzene rings is 1. The van der Waals surface area contributed by atoms with Crippen molar-refractivity contribution in [1.82, 2.24) is 0 Å². The summed E-state index contributed by atoms with van der Waals surface area (Å²) in [6, 6.07) is 4.98. The molecule has 0 radical (unpaired) electrons. The average molecular weight is 263 g/mol. The fraction of sp³-hybridized carbons (Fsp3) is 0.364. The highest BCUT2D eigenvalue weighted by atomic mass is 35.5. The standard InChI is InChI=1S/C11H12Cl2O3/c1-15-11(16-2)10(14)6-7-5-8(12)3-4-9(7)13/h3-5,11H,6H2,1-2H3. The molecule has 0 N–H and O–H groups in total. The van der Waals surface area contributed by atoms with Gasteiger partial charge in [0, 0.05) is 30.7 Å². The van der Waals surface area contributed by atoms with Crippen LogP contribution in [0.25, 0.3) is 0 Å². The maximum atomic E-state index is 11.7. The Morgan fingerprint density at radius 3 is 2.50 bits per heavy atom. The van der Waals surface area contributed by atoms with Crippen molar-refractivity contribution in [1.29, 1.82) is 0 Å². The van der Waals surface area contributed by atoms with Crippen molar-refractivity contribution in [3.8, 4) is 0 Å². The largest absolute Gasteiger partial charge is 0.349 e. The van der Waals surface area contributed by atoms with Gasteiger partial charge in [-0.1, -0.05) is 23.2 Å². The van der Waals surface area contributed by atoms with Gasteiger partial charge >= 0.3 is 0 Å². The van der Waals surface area contributed by atoms with Crippen LogP contribution in [0, 0.1) is 0 Å². The molecular weight excluding hydrogens is 251 g/mol. The molecule has 0 unspecified atom stereocenters. The average Bonchev–Trinajstić information content (AvgIpc) is 2.25. The molecule has 3 nitrogen and oxygen atoms in total. The maximum absolute atomic E-state index is 11.7. The zero-order valence-corrected chi connectivity index (χ0v) is 10.5. The SMILES string of the molecule is COC(OC)C(=O)Cc1cc(Cl)ccc1Cl. The molecule has 1 rings (SSSR count). The first-order valence-corrected chi connectivity index (χ1v) is 5.36. The fourth-order valence-electron chi connectivity index (χ4n) is 1.31. The molecule has 5 heteroatoms. The number of ether oxygens (including phenoxy) is 2. The number of Topliss-reactive ketones (excluding diaryl/α,β-unsaturated/α-hetero) is 1.